The number of fused-ring (bicyclic) bond motifs is 1. The summed E-state index contributed by atoms with van der Waals surface area (Å²) in [6, 6.07) is 7.76. The highest BCUT2D eigenvalue weighted by Crippen LogP contribution is 2.23. The van der Waals surface area contributed by atoms with E-state index in [0.29, 0.717) is 5.82 Å². The van der Waals surface area contributed by atoms with Gasteiger partial charge >= 0.3 is 0 Å². The number of allylic oxidation sites excluding steroid dienone is 2. The zero-order valence-corrected chi connectivity index (χ0v) is 9.31. The van der Waals surface area contributed by atoms with E-state index in [4.69, 9.17) is 0 Å². The van der Waals surface area contributed by atoms with Crippen molar-refractivity contribution in [1.82, 2.24) is 10.2 Å². The third-order valence-electron chi connectivity index (χ3n) is 3.09. The number of carbonyl (C=O) groups is 1. The average molecular weight is 227 g/mol. The minimum atomic E-state index is 0.0484. The highest BCUT2D eigenvalue weighted by Gasteiger charge is 2.20. The van der Waals surface area contributed by atoms with Gasteiger partial charge in [-0.15, -0.1) is 0 Å². The van der Waals surface area contributed by atoms with Crippen LogP contribution in [-0.2, 0) is 4.79 Å². The lowest BCUT2D eigenvalue weighted by Crippen LogP contribution is -2.20. The van der Waals surface area contributed by atoms with Crippen LogP contribution in [0.15, 0.2) is 36.4 Å². The van der Waals surface area contributed by atoms with Crippen LogP contribution in [0.3, 0.4) is 0 Å². The van der Waals surface area contributed by atoms with Crippen LogP contribution in [0.5, 0.6) is 0 Å². The second-order valence-electron chi connectivity index (χ2n) is 4.25. The number of nitrogens with one attached hydrogen (secondary N) is 2. The fourth-order valence-corrected chi connectivity index (χ4v) is 2.11. The van der Waals surface area contributed by atoms with Gasteiger partial charge in [-0.05, 0) is 25.0 Å². The number of para-hydroxylation sites is 1. The highest BCUT2D eigenvalue weighted by atomic mass is 16.1. The van der Waals surface area contributed by atoms with Crippen LogP contribution in [0.25, 0.3) is 10.9 Å². The van der Waals surface area contributed by atoms with Gasteiger partial charge in [0.05, 0.1) is 5.52 Å². The molecule has 1 aliphatic rings. The van der Waals surface area contributed by atoms with Crippen LogP contribution in [0.1, 0.15) is 12.8 Å². The summed E-state index contributed by atoms with van der Waals surface area (Å²) in [5.41, 5.74) is 0.937. The van der Waals surface area contributed by atoms with Gasteiger partial charge in [-0.3, -0.25) is 9.89 Å². The van der Waals surface area contributed by atoms with Gasteiger partial charge in [-0.2, -0.15) is 5.10 Å². The fourth-order valence-electron chi connectivity index (χ4n) is 2.11. The molecule has 1 aliphatic carbocycles. The van der Waals surface area contributed by atoms with Crippen LogP contribution in [0, 0.1) is 5.92 Å². The summed E-state index contributed by atoms with van der Waals surface area (Å²) in [7, 11) is 0. The Hall–Kier alpha value is -2.10. The Morgan fingerprint density at radius 2 is 2.06 bits per heavy atom. The first-order chi connectivity index (χ1) is 8.34. The summed E-state index contributed by atoms with van der Waals surface area (Å²) < 4.78 is 0. The summed E-state index contributed by atoms with van der Waals surface area (Å²) in [6.45, 7) is 0. The zero-order chi connectivity index (χ0) is 11.7. The van der Waals surface area contributed by atoms with Crippen LogP contribution < -0.4 is 5.32 Å². The summed E-state index contributed by atoms with van der Waals surface area (Å²) in [6.07, 6.45) is 5.75. The lowest BCUT2D eigenvalue weighted by Gasteiger charge is -2.08. The predicted octanol–water partition coefficient (Wildman–Crippen LogP) is 2.47. The molecule has 0 radical (unpaired) electrons. The molecule has 2 aromatic rings. The molecule has 1 aromatic carbocycles. The Labute approximate surface area is 98.7 Å². The molecule has 17 heavy (non-hydrogen) atoms. The Morgan fingerprint density at radius 1 is 1.29 bits per heavy atom. The van der Waals surface area contributed by atoms with Crippen molar-refractivity contribution in [3.63, 3.8) is 0 Å². The van der Waals surface area contributed by atoms with E-state index in [2.05, 4.69) is 15.5 Å². The number of nitrogens with zero attached hydrogens (tertiary/aromatic N) is 1. The maximum Gasteiger partial charge on any atom is 0.229 e. The van der Waals surface area contributed by atoms with Crippen molar-refractivity contribution >= 4 is 22.6 Å². The van der Waals surface area contributed by atoms with Crippen molar-refractivity contribution in [3.05, 3.63) is 36.4 Å². The molecule has 86 valence electrons. The molecular weight excluding hydrogens is 214 g/mol. The zero-order valence-electron chi connectivity index (χ0n) is 9.31. The van der Waals surface area contributed by atoms with Crippen molar-refractivity contribution in [2.45, 2.75) is 12.8 Å². The molecule has 4 heteroatoms. The number of H-pyrrole nitrogens is 1. The molecule has 0 fully saturated rings. The number of aromatic nitrogens is 2. The average Bonchev–Trinajstić information content (AvgIpc) is 2.98. The van der Waals surface area contributed by atoms with E-state index in [-0.39, 0.29) is 11.8 Å². The summed E-state index contributed by atoms with van der Waals surface area (Å²) in [5, 5.41) is 10.9. The monoisotopic (exact) mass is 227 g/mol. The standard InChI is InChI=1S/C13H13N3O/c17-13(9-5-1-2-6-9)14-12-10-7-3-4-8-11(10)15-16-12/h1-4,7-9H,5-6H2,(H2,14,15,16,17). The predicted molar refractivity (Wildman–Crippen MR) is 66.6 cm³/mol. The minimum Gasteiger partial charge on any atom is -0.308 e. The fraction of sp³-hybridized carbons (Fsp3) is 0.231. The second kappa shape index (κ2) is 4.05. The van der Waals surface area contributed by atoms with Gasteiger partial charge < -0.3 is 5.32 Å². The Kier molecular flexibility index (Phi) is 2.40. The van der Waals surface area contributed by atoms with Gasteiger partial charge in [0.2, 0.25) is 5.91 Å². The maximum absolute atomic E-state index is 12.0. The number of aromatic amines is 1. The molecular formula is C13H13N3O. The van der Waals surface area contributed by atoms with Crippen molar-refractivity contribution in [2.24, 2.45) is 5.92 Å². The lowest BCUT2D eigenvalue weighted by molar-refractivity contribution is -0.119. The van der Waals surface area contributed by atoms with Gasteiger partial charge in [0.25, 0.3) is 0 Å². The topological polar surface area (TPSA) is 57.8 Å². The number of rotatable bonds is 2. The Morgan fingerprint density at radius 3 is 2.88 bits per heavy atom. The van der Waals surface area contributed by atoms with Crippen molar-refractivity contribution in [1.29, 1.82) is 0 Å². The molecule has 1 heterocycles. The number of anilines is 1. The quantitative estimate of drug-likeness (QED) is 0.774. The summed E-state index contributed by atoms with van der Waals surface area (Å²) >= 11 is 0. The van der Waals surface area contributed by atoms with Crippen LogP contribution in [0.4, 0.5) is 5.82 Å². The Bertz CT molecular complexity index is 577. The van der Waals surface area contributed by atoms with Crippen LogP contribution >= 0.6 is 0 Å². The van der Waals surface area contributed by atoms with Crippen molar-refractivity contribution in [3.8, 4) is 0 Å². The summed E-state index contributed by atoms with van der Waals surface area (Å²) in [4.78, 5) is 12.0. The molecule has 0 unspecified atom stereocenters. The third kappa shape index (κ3) is 1.82. The number of carbonyl (C=O) groups excluding carboxylic acids is 1. The summed E-state index contributed by atoms with van der Waals surface area (Å²) in [5.74, 6) is 0.732. The Balaban J connectivity index is 1.82. The molecule has 1 amide bonds. The first kappa shape index (κ1) is 10.1. The van der Waals surface area contributed by atoms with E-state index < -0.39 is 0 Å². The normalized spacial score (nSPS) is 15.5. The number of amides is 1. The van der Waals surface area contributed by atoms with Gasteiger partial charge in [-0.1, -0.05) is 24.3 Å². The number of hydrogen-bond donors (Lipinski definition) is 2. The van der Waals surface area contributed by atoms with E-state index in [9.17, 15) is 4.79 Å². The van der Waals surface area contributed by atoms with Gasteiger partial charge in [0, 0.05) is 11.3 Å². The van der Waals surface area contributed by atoms with Gasteiger partial charge in [0.15, 0.2) is 5.82 Å². The van der Waals surface area contributed by atoms with Gasteiger partial charge in [-0.25, -0.2) is 0 Å². The van der Waals surface area contributed by atoms with E-state index >= 15 is 0 Å². The van der Waals surface area contributed by atoms with Crippen molar-refractivity contribution in [2.75, 3.05) is 5.32 Å². The molecule has 0 spiro atoms. The van der Waals surface area contributed by atoms with E-state index in [1.165, 1.54) is 0 Å². The van der Waals surface area contributed by atoms with Crippen molar-refractivity contribution < 1.29 is 4.79 Å². The molecule has 4 nitrogen and oxygen atoms in total. The van der Waals surface area contributed by atoms with Crippen LogP contribution in [0.2, 0.25) is 0 Å². The van der Waals surface area contributed by atoms with E-state index in [1.807, 2.05) is 36.4 Å². The molecule has 2 N–H and O–H groups in total. The van der Waals surface area contributed by atoms with E-state index in [1.54, 1.807) is 0 Å². The first-order valence-electron chi connectivity index (χ1n) is 5.73. The molecule has 1 aromatic heterocycles. The van der Waals surface area contributed by atoms with Gasteiger partial charge in [0.1, 0.15) is 0 Å². The lowest BCUT2D eigenvalue weighted by atomic mass is 10.1. The largest absolute Gasteiger partial charge is 0.308 e. The third-order valence-corrected chi connectivity index (χ3v) is 3.09. The molecule has 0 saturated carbocycles. The first-order valence-corrected chi connectivity index (χ1v) is 5.73. The van der Waals surface area contributed by atoms with E-state index in [0.717, 1.165) is 23.7 Å². The molecule has 0 aliphatic heterocycles. The number of hydrogen-bond acceptors (Lipinski definition) is 2. The van der Waals surface area contributed by atoms with Crippen LogP contribution in [-0.4, -0.2) is 16.1 Å². The maximum atomic E-state index is 12.0. The molecule has 0 atom stereocenters. The smallest absolute Gasteiger partial charge is 0.229 e. The molecule has 0 bridgehead atoms. The minimum absolute atomic E-state index is 0.0484. The molecule has 0 saturated heterocycles. The SMILES string of the molecule is O=C(Nc1n[nH]c2ccccc12)C1CC=CC1. The highest BCUT2D eigenvalue weighted by molar-refractivity contribution is 6.00. The molecule has 3 rings (SSSR count). The number of benzene rings is 1. The second-order valence-corrected chi connectivity index (χ2v) is 4.25.